The number of ether oxygens (including phenoxy) is 2. The molecular formula is C10H12N2O4S. The minimum atomic E-state index is -0.619. The number of H-pyrrole nitrogens is 1. The Labute approximate surface area is 100 Å². The van der Waals surface area contributed by atoms with Gasteiger partial charge in [-0.2, -0.15) is 0 Å². The highest BCUT2D eigenvalue weighted by Crippen LogP contribution is 2.12. The highest BCUT2D eigenvalue weighted by atomic mass is 32.1. The molecule has 6 nitrogen and oxygen atoms in total. The molecule has 7 heteroatoms. The normalized spacial score (nSPS) is 11.5. The molecule has 2 aromatic rings. The first kappa shape index (κ1) is 12.0. The van der Waals surface area contributed by atoms with E-state index in [9.17, 15) is 9.59 Å². The van der Waals surface area contributed by atoms with Crippen LogP contribution in [0.1, 0.15) is 0 Å². The molecule has 2 heterocycles. The molecule has 0 fully saturated rings. The van der Waals surface area contributed by atoms with E-state index in [1.165, 1.54) is 25.6 Å². The second kappa shape index (κ2) is 4.82. The first-order chi connectivity index (χ1) is 8.17. The van der Waals surface area contributed by atoms with Crippen molar-refractivity contribution in [3.63, 3.8) is 0 Å². The first-order valence-electron chi connectivity index (χ1n) is 4.93. The van der Waals surface area contributed by atoms with Crippen LogP contribution < -0.4 is 11.2 Å². The summed E-state index contributed by atoms with van der Waals surface area (Å²) in [7, 11) is 2.91. The van der Waals surface area contributed by atoms with Crippen LogP contribution in [0.25, 0.3) is 10.2 Å². The summed E-state index contributed by atoms with van der Waals surface area (Å²) < 4.78 is 11.6. The molecule has 0 radical (unpaired) electrons. The van der Waals surface area contributed by atoms with Gasteiger partial charge in [-0.05, 0) is 11.4 Å². The summed E-state index contributed by atoms with van der Waals surface area (Å²) in [6.45, 7) is 0.0645. The Balaban J connectivity index is 2.53. The van der Waals surface area contributed by atoms with E-state index in [0.29, 0.717) is 10.2 Å². The fraction of sp³-hybridized carbons (Fsp3) is 0.400. The van der Waals surface area contributed by atoms with E-state index in [-0.39, 0.29) is 12.1 Å². The van der Waals surface area contributed by atoms with Crippen LogP contribution in [0.5, 0.6) is 0 Å². The molecule has 0 saturated carbocycles. The minimum absolute atomic E-state index is 0.0645. The van der Waals surface area contributed by atoms with Gasteiger partial charge in [-0.1, -0.05) is 0 Å². The van der Waals surface area contributed by atoms with E-state index in [1.807, 2.05) is 0 Å². The maximum atomic E-state index is 12.0. The molecule has 2 rings (SSSR count). The Kier molecular flexibility index (Phi) is 3.41. The van der Waals surface area contributed by atoms with Gasteiger partial charge in [0.25, 0.3) is 5.56 Å². The SMILES string of the molecule is COC(Cn1c(=O)[nH]c2ccsc2c1=O)OC. The summed E-state index contributed by atoms with van der Waals surface area (Å²) in [5.41, 5.74) is -0.217. The average Bonchev–Trinajstić information content (AvgIpc) is 2.77. The summed E-state index contributed by atoms with van der Waals surface area (Å²) in [6, 6.07) is 1.71. The third-order valence-corrected chi connectivity index (χ3v) is 3.35. The topological polar surface area (TPSA) is 73.3 Å². The number of hydrogen-bond donors (Lipinski definition) is 1. The van der Waals surface area contributed by atoms with Gasteiger partial charge in [0.2, 0.25) is 0 Å². The number of thiophene rings is 1. The summed E-state index contributed by atoms with van der Waals surface area (Å²) in [5.74, 6) is 0. The van der Waals surface area contributed by atoms with E-state index >= 15 is 0 Å². The van der Waals surface area contributed by atoms with E-state index in [2.05, 4.69) is 4.98 Å². The molecule has 0 bridgehead atoms. The third kappa shape index (κ3) is 2.17. The fourth-order valence-corrected chi connectivity index (χ4v) is 2.33. The van der Waals surface area contributed by atoms with Gasteiger partial charge in [-0.15, -0.1) is 11.3 Å². The van der Waals surface area contributed by atoms with Crippen molar-refractivity contribution in [3.05, 3.63) is 32.3 Å². The fourth-order valence-electron chi connectivity index (χ4n) is 1.53. The molecule has 17 heavy (non-hydrogen) atoms. The molecule has 0 aliphatic heterocycles. The number of nitrogens with one attached hydrogen (secondary N) is 1. The maximum Gasteiger partial charge on any atom is 0.329 e. The van der Waals surface area contributed by atoms with Gasteiger partial charge in [-0.25, -0.2) is 4.79 Å². The largest absolute Gasteiger partial charge is 0.354 e. The molecular weight excluding hydrogens is 244 g/mol. The zero-order valence-electron chi connectivity index (χ0n) is 9.43. The van der Waals surface area contributed by atoms with Gasteiger partial charge in [0.1, 0.15) is 4.70 Å². The third-order valence-electron chi connectivity index (χ3n) is 2.45. The van der Waals surface area contributed by atoms with Gasteiger partial charge in [0.15, 0.2) is 6.29 Å². The number of aromatic nitrogens is 2. The number of methoxy groups -OCH3 is 2. The molecule has 0 atom stereocenters. The predicted octanol–water partition coefficient (Wildman–Crippen LogP) is 0.370. The van der Waals surface area contributed by atoms with Crippen LogP contribution in [0.3, 0.4) is 0 Å². The number of hydrogen-bond acceptors (Lipinski definition) is 5. The van der Waals surface area contributed by atoms with Gasteiger partial charge in [0, 0.05) is 14.2 Å². The number of nitrogens with zero attached hydrogens (tertiary/aromatic N) is 1. The molecule has 0 aliphatic carbocycles. The van der Waals surface area contributed by atoms with Gasteiger partial charge in [-0.3, -0.25) is 9.36 Å². The quantitative estimate of drug-likeness (QED) is 0.802. The van der Waals surface area contributed by atoms with E-state index in [1.54, 1.807) is 11.4 Å². The lowest BCUT2D eigenvalue weighted by atomic mass is 10.4. The molecule has 2 aromatic heterocycles. The summed E-state index contributed by atoms with van der Waals surface area (Å²) in [4.78, 5) is 26.4. The first-order valence-corrected chi connectivity index (χ1v) is 5.81. The predicted molar refractivity (Wildman–Crippen MR) is 64.5 cm³/mol. The Bertz CT molecular complexity index is 623. The second-order valence-electron chi connectivity index (χ2n) is 3.41. The van der Waals surface area contributed by atoms with Gasteiger partial charge >= 0.3 is 5.69 Å². The average molecular weight is 256 g/mol. The smallest absolute Gasteiger partial charge is 0.329 e. The summed E-state index contributed by atoms with van der Waals surface area (Å²) in [5, 5.41) is 1.76. The summed E-state index contributed by atoms with van der Waals surface area (Å²) in [6.07, 6.45) is -0.619. The Morgan fingerprint density at radius 3 is 2.76 bits per heavy atom. The zero-order chi connectivity index (χ0) is 12.4. The second-order valence-corrected chi connectivity index (χ2v) is 4.33. The van der Waals surface area contributed by atoms with Crippen LogP contribution in [0.15, 0.2) is 21.0 Å². The molecule has 0 aliphatic rings. The number of rotatable bonds is 4. The zero-order valence-corrected chi connectivity index (χ0v) is 10.2. The van der Waals surface area contributed by atoms with Crippen LogP contribution >= 0.6 is 11.3 Å². The molecule has 0 saturated heterocycles. The molecule has 1 N–H and O–H groups in total. The lowest BCUT2D eigenvalue weighted by Crippen LogP contribution is -2.39. The monoisotopic (exact) mass is 256 g/mol. The van der Waals surface area contributed by atoms with Gasteiger partial charge in [0.05, 0.1) is 12.1 Å². The summed E-state index contributed by atoms with van der Waals surface area (Å²) >= 11 is 1.29. The van der Waals surface area contributed by atoms with Crippen molar-refractivity contribution in [2.45, 2.75) is 12.8 Å². The Hall–Kier alpha value is -1.44. The van der Waals surface area contributed by atoms with Crippen LogP contribution in [0.2, 0.25) is 0 Å². The molecule has 0 amide bonds. The van der Waals surface area contributed by atoms with Crippen molar-refractivity contribution >= 4 is 21.6 Å². The highest BCUT2D eigenvalue weighted by Gasteiger charge is 2.13. The Morgan fingerprint density at radius 1 is 1.41 bits per heavy atom. The molecule has 0 spiro atoms. The van der Waals surface area contributed by atoms with E-state index in [4.69, 9.17) is 9.47 Å². The van der Waals surface area contributed by atoms with Crippen molar-refractivity contribution < 1.29 is 9.47 Å². The Morgan fingerprint density at radius 2 is 2.12 bits per heavy atom. The van der Waals surface area contributed by atoms with Crippen molar-refractivity contribution in [2.24, 2.45) is 0 Å². The van der Waals surface area contributed by atoms with Gasteiger partial charge < -0.3 is 14.5 Å². The minimum Gasteiger partial charge on any atom is -0.354 e. The van der Waals surface area contributed by atoms with E-state index in [0.717, 1.165) is 4.57 Å². The lowest BCUT2D eigenvalue weighted by Gasteiger charge is -2.13. The molecule has 0 aromatic carbocycles. The van der Waals surface area contributed by atoms with E-state index < -0.39 is 12.0 Å². The van der Waals surface area contributed by atoms with Crippen LogP contribution in [-0.4, -0.2) is 30.1 Å². The van der Waals surface area contributed by atoms with Crippen LogP contribution in [-0.2, 0) is 16.0 Å². The number of fused-ring (bicyclic) bond motifs is 1. The van der Waals surface area contributed by atoms with Crippen molar-refractivity contribution in [3.8, 4) is 0 Å². The van der Waals surface area contributed by atoms with Crippen molar-refractivity contribution in [2.75, 3.05) is 14.2 Å². The standard InChI is InChI=1S/C10H12N2O4S/c1-15-7(16-2)5-12-9(13)8-6(3-4-17-8)11-10(12)14/h3-4,7H,5H2,1-2H3,(H,11,14). The molecule has 92 valence electrons. The van der Waals surface area contributed by atoms with Crippen LogP contribution in [0, 0.1) is 0 Å². The van der Waals surface area contributed by atoms with Crippen LogP contribution in [0.4, 0.5) is 0 Å². The van der Waals surface area contributed by atoms with Crippen molar-refractivity contribution in [1.82, 2.24) is 9.55 Å². The molecule has 0 unspecified atom stereocenters. The number of aromatic amines is 1. The van der Waals surface area contributed by atoms with Crippen molar-refractivity contribution in [1.29, 1.82) is 0 Å². The maximum absolute atomic E-state index is 12.0. The lowest BCUT2D eigenvalue weighted by molar-refractivity contribution is -0.111. The highest BCUT2D eigenvalue weighted by molar-refractivity contribution is 7.17.